The summed E-state index contributed by atoms with van der Waals surface area (Å²) < 4.78 is 0. The molecule has 4 nitrogen and oxygen atoms in total. The molecule has 0 saturated carbocycles. The number of likely N-dealkylation sites (tertiary alicyclic amines) is 1. The van der Waals surface area contributed by atoms with E-state index in [1.807, 2.05) is 0 Å². The van der Waals surface area contributed by atoms with Crippen molar-refractivity contribution < 1.29 is 15.3 Å². The van der Waals surface area contributed by atoms with Crippen molar-refractivity contribution in [2.24, 2.45) is 11.8 Å². The Hall–Kier alpha value is -0.160. The maximum absolute atomic E-state index is 9.66. The quantitative estimate of drug-likeness (QED) is 0.626. The molecule has 0 aromatic heterocycles. The van der Waals surface area contributed by atoms with Crippen LogP contribution in [0, 0.1) is 11.8 Å². The fourth-order valence-corrected chi connectivity index (χ4v) is 2.27. The van der Waals surface area contributed by atoms with E-state index in [0.29, 0.717) is 19.0 Å². The second kappa shape index (κ2) is 6.55. The zero-order valence-electron chi connectivity index (χ0n) is 10.3. The predicted octanol–water partition coefficient (Wildman–Crippen LogP) is 0.0685. The van der Waals surface area contributed by atoms with Gasteiger partial charge in [0.1, 0.15) is 0 Å². The van der Waals surface area contributed by atoms with Crippen LogP contribution in [0.5, 0.6) is 0 Å². The van der Waals surface area contributed by atoms with Gasteiger partial charge in [-0.05, 0) is 25.3 Å². The minimum Gasteiger partial charge on any atom is -0.396 e. The third-order valence-electron chi connectivity index (χ3n) is 3.31. The molecule has 16 heavy (non-hydrogen) atoms. The summed E-state index contributed by atoms with van der Waals surface area (Å²) in [6.45, 7) is 6.50. The van der Waals surface area contributed by atoms with Gasteiger partial charge in [-0.15, -0.1) is 0 Å². The third kappa shape index (κ3) is 4.01. The number of nitrogens with zero attached hydrogens (tertiary/aromatic N) is 1. The fraction of sp³-hybridized carbons (Fsp3) is 1.00. The van der Waals surface area contributed by atoms with Gasteiger partial charge in [0.2, 0.25) is 0 Å². The molecule has 0 bridgehead atoms. The minimum atomic E-state index is -0.772. The Labute approximate surface area is 97.9 Å². The highest BCUT2D eigenvalue weighted by Gasteiger charge is 2.33. The van der Waals surface area contributed by atoms with Crippen LogP contribution in [0.15, 0.2) is 0 Å². The summed E-state index contributed by atoms with van der Waals surface area (Å²) in [5.41, 5.74) is 0. The number of hydrogen-bond acceptors (Lipinski definition) is 4. The molecule has 1 aliphatic rings. The number of rotatable bonds is 5. The van der Waals surface area contributed by atoms with E-state index in [1.165, 1.54) is 6.42 Å². The smallest absolute Gasteiger partial charge is 0.0929 e. The molecule has 0 aliphatic carbocycles. The largest absolute Gasteiger partial charge is 0.396 e. The lowest BCUT2D eigenvalue weighted by Gasteiger charge is -2.38. The van der Waals surface area contributed by atoms with Gasteiger partial charge in [0.15, 0.2) is 0 Å². The molecule has 0 radical (unpaired) electrons. The first-order valence-electron chi connectivity index (χ1n) is 6.24. The van der Waals surface area contributed by atoms with E-state index < -0.39 is 12.2 Å². The van der Waals surface area contributed by atoms with Gasteiger partial charge in [-0.1, -0.05) is 13.8 Å². The number of hydrogen-bond donors (Lipinski definition) is 3. The van der Waals surface area contributed by atoms with Crippen molar-refractivity contribution in [1.29, 1.82) is 0 Å². The third-order valence-corrected chi connectivity index (χ3v) is 3.31. The molecular weight excluding hydrogens is 206 g/mol. The van der Waals surface area contributed by atoms with Crippen molar-refractivity contribution in [3.05, 3.63) is 0 Å². The van der Waals surface area contributed by atoms with E-state index in [-0.39, 0.29) is 12.5 Å². The minimum absolute atomic E-state index is 0.0566. The first-order chi connectivity index (χ1) is 7.54. The first kappa shape index (κ1) is 13.9. The maximum Gasteiger partial charge on any atom is 0.0929 e. The van der Waals surface area contributed by atoms with Crippen LogP contribution in [-0.4, -0.2) is 58.7 Å². The number of aliphatic hydroxyl groups is 3. The van der Waals surface area contributed by atoms with Crippen molar-refractivity contribution >= 4 is 0 Å². The van der Waals surface area contributed by atoms with Crippen LogP contribution in [0.25, 0.3) is 0 Å². The Morgan fingerprint density at radius 1 is 1.25 bits per heavy atom. The molecule has 0 amide bonds. The molecular formula is C12H25NO3. The van der Waals surface area contributed by atoms with E-state index in [2.05, 4.69) is 18.7 Å². The lowest BCUT2D eigenvalue weighted by molar-refractivity contribution is -0.0862. The average Bonchev–Trinajstić information content (AvgIpc) is 2.22. The molecule has 0 unspecified atom stereocenters. The summed E-state index contributed by atoms with van der Waals surface area (Å²) in [5.74, 6) is 0.497. The predicted molar refractivity (Wildman–Crippen MR) is 63.1 cm³/mol. The van der Waals surface area contributed by atoms with Crippen LogP contribution >= 0.6 is 0 Å². The van der Waals surface area contributed by atoms with Crippen molar-refractivity contribution in [3.8, 4) is 0 Å². The van der Waals surface area contributed by atoms with Gasteiger partial charge in [-0.3, -0.25) is 0 Å². The molecule has 1 aliphatic heterocycles. The Kier molecular flexibility index (Phi) is 5.69. The monoisotopic (exact) mass is 231 g/mol. The van der Waals surface area contributed by atoms with Gasteiger partial charge in [-0.25, -0.2) is 0 Å². The molecule has 3 atom stereocenters. The topological polar surface area (TPSA) is 63.9 Å². The van der Waals surface area contributed by atoms with E-state index in [9.17, 15) is 10.2 Å². The van der Waals surface area contributed by atoms with E-state index in [4.69, 9.17) is 5.11 Å². The van der Waals surface area contributed by atoms with Gasteiger partial charge in [0.05, 0.1) is 12.2 Å². The standard InChI is InChI=1S/C12H25NO3/c1-9(2)4-3-5-13-6-10(8-14)12(16)11(15)7-13/h9-12,14-16H,3-8H2,1-2H3/t10-,11-,12-/m1/s1. The Morgan fingerprint density at radius 2 is 1.94 bits per heavy atom. The van der Waals surface area contributed by atoms with Crippen molar-refractivity contribution in [3.63, 3.8) is 0 Å². The molecule has 96 valence electrons. The lowest BCUT2D eigenvalue weighted by Crippen LogP contribution is -2.53. The first-order valence-corrected chi connectivity index (χ1v) is 6.24. The summed E-state index contributed by atoms with van der Waals surface area (Å²) in [5, 5.41) is 28.4. The average molecular weight is 231 g/mol. The molecule has 4 heteroatoms. The van der Waals surface area contributed by atoms with Gasteiger partial charge in [0.25, 0.3) is 0 Å². The SMILES string of the molecule is CC(C)CCCN1C[C@H](CO)[C@@H](O)[C@H](O)C1. The summed E-state index contributed by atoms with van der Waals surface area (Å²) >= 11 is 0. The molecule has 0 spiro atoms. The highest BCUT2D eigenvalue weighted by atomic mass is 16.3. The van der Waals surface area contributed by atoms with Gasteiger partial charge >= 0.3 is 0 Å². The summed E-state index contributed by atoms with van der Waals surface area (Å²) in [6, 6.07) is 0. The maximum atomic E-state index is 9.66. The fourth-order valence-electron chi connectivity index (χ4n) is 2.27. The molecule has 0 aromatic rings. The van der Waals surface area contributed by atoms with Crippen molar-refractivity contribution in [2.45, 2.75) is 38.9 Å². The molecule has 1 saturated heterocycles. The van der Waals surface area contributed by atoms with Crippen LogP contribution in [0.4, 0.5) is 0 Å². The van der Waals surface area contributed by atoms with Gasteiger partial charge in [0, 0.05) is 25.6 Å². The van der Waals surface area contributed by atoms with Gasteiger partial charge in [-0.2, -0.15) is 0 Å². The van der Waals surface area contributed by atoms with E-state index >= 15 is 0 Å². The summed E-state index contributed by atoms with van der Waals surface area (Å²) in [4.78, 5) is 2.14. The van der Waals surface area contributed by atoms with Crippen LogP contribution in [0.2, 0.25) is 0 Å². The molecule has 1 rings (SSSR count). The number of piperidine rings is 1. The molecule has 3 N–H and O–H groups in total. The second-order valence-electron chi connectivity index (χ2n) is 5.30. The van der Waals surface area contributed by atoms with Crippen LogP contribution < -0.4 is 0 Å². The molecule has 1 heterocycles. The molecule has 1 fully saturated rings. The van der Waals surface area contributed by atoms with E-state index in [0.717, 1.165) is 13.0 Å². The van der Waals surface area contributed by atoms with E-state index in [1.54, 1.807) is 0 Å². The van der Waals surface area contributed by atoms with Crippen LogP contribution in [0.1, 0.15) is 26.7 Å². The van der Waals surface area contributed by atoms with Crippen LogP contribution in [-0.2, 0) is 0 Å². The Morgan fingerprint density at radius 3 is 2.50 bits per heavy atom. The zero-order chi connectivity index (χ0) is 12.1. The van der Waals surface area contributed by atoms with Crippen LogP contribution in [0.3, 0.4) is 0 Å². The summed E-state index contributed by atoms with van der Waals surface area (Å²) in [7, 11) is 0. The highest BCUT2D eigenvalue weighted by molar-refractivity contribution is 4.86. The zero-order valence-corrected chi connectivity index (χ0v) is 10.3. The normalized spacial score (nSPS) is 32.2. The van der Waals surface area contributed by atoms with Gasteiger partial charge < -0.3 is 20.2 Å². The highest BCUT2D eigenvalue weighted by Crippen LogP contribution is 2.18. The Bertz CT molecular complexity index is 199. The number of aliphatic hydroxyl groups excluding tert-OH is 3. The number of β-amino-alcohol motifs (C(OH)–C–C–N with tert-alkyl or cyclic N) is 1. The molecule has 0 aromatic carbocycles. The lowest BCUT2D eigenvalue weighted by atomic mass is 9.93. The van der Waals surface area contributed by atoms with Crippen molar-refractivity contribution in [1.82, 2.24) is 4.90 Å². The van der Waals surface area contributed by atoms with Crippen molar-refractivity contribution in [2.75, 3.05) is 26.2 Å². The second-order valence-corrected chi connectivity index (χ2v) is 5.30. The summed E-state index contributed by atoms with van der Waals surface area (Å²) in [6.07, 6.45) is 0.800. The Balaban J connectivity index is 2.32.